The summed E-state index contributed by atoms with van der Waals surface area (Å²) in [5.74, 6) is 1.29. The van der Waals surface area contributed by atoms with Crippen molar-refractivity contribution in [2.75, 3.05) is 25.5 Å². The van der Waals surface area contributed by atoms with E-state index in [1.54, 1.807) is 18.2 Å². The van der Waals surface area contributed by atoms with Gasteiger partial charge in [-0.05, 0) is 76.4 Å². The number of piperidine rings is 1. The van der Waals surface area contributed by atoms with Crippen molar-refractivity contribution in [3.63, 3.8) is 0 Å². The summed E-state index contributed by atoms with van der Waals surface area (Å²) in [5.41, 5.74) is 2.91. The lowest BCUT2D eigenvalue weighted by atomic mass is 10.0. The second kappa shape index (κ2) is 11.0. The molecule has 0 spiro atoms. The van der Waals surface area contributed by atoms with Gasteiger partial charge in [-0.25, -0.2) is 4.79 Å². The fourth-order valence-electron chi connectivity index (χ4n) is 4.30. The Hall–Kier alpha value is -3.26. The molecule has 1 aliphatic heterocycles. The molecule has 8 nitrogen and oxygen atoms in total. The van der Waals surface area contributed by atoms with Crippen LogP contribution in [-0.2, 0) is 11.3 Å². The molecule has 3 aromatic rings. The molecule has 188 valence electrons. The topological polar surface area (TPSA) is 86.1 Å². The highest BCUT2D eigenvalue weighted by Crippen LogP contribution is 2.27. The summed E-state index contributed by atoms with van der Waals surface area (Å²) in [7, 11) is 1.36. The summed E-state index contributed by atoms with van der Waals surface area (Å²) < 4.78 is 22.5. The van der Waals surface area contributed by atoms with Crippen LogP contribution in [0.1, 0.15) is 56.5 Å². The molecule has 0 aliphatic carbocycles. The largest absolute Gasteiger partial charge is 0.491 e. The highest BCUT2D eigenvalue weighted by Gasteiger charge is 2.22. The van der Waals surface area contributed by atoms with Crippen molar-refractivity contribution in [1.29, 1.82) is 0 Å². The van der Waals surface area contributed by atoms with E-state index < -0.39 is 5.97 Å². The molecule has 2 aromatic carbocycles. The van der Waals surface area contributed by atoms with Crippen LogP contribution in [0.25, 0.3) is 11.1 Å². The van der Waals surface area contributed by atoms with Gasteiger partial charge >= 0.3 is 5.97 Å². The third kappa shape index (κ3) is 6.66. The van der Waals surface area contributed by atoms with Crippen molar-refractivity contribution < 1.29 is 23.4 Å². The maximum Gasteiger partial charge on any atom is 0.337 e. The number of anilines is 1. The van der Waals surface area contributed by atoms with E-state index in [1.807, 2.05) is 33.8 Å². The van der Waals surface area contributed by atoms with Crippen molar-refractivity contribution in [1.82, 2.24) is 9.88 Å². The van der Waals surface area contributed by atoms with Gasteiger partial charge in [0.1, 0.15) is 17.0 Å². The van der Waals surface area contributed by atoms with Crippen LogP contribution in [0.3, 0.4) is 0 Å². The third-order valence-corrected chi connectivity index (χ3v) is 5.81. The fraction of sp³-hybridized carbons (Fsp3) is 0.481. The zero-order chi connectivity index (χ0) is 24.9. The van der Waals surface area contributed by atoms with Gasteiger partial charge in [-0.2, -0.15) is 4.98 Å². The van der Waals surface area contributed by atoms with Crippen molar-refractivity contribution in [3.8, 4) is 11.5 Å². The zero-order valence-corrected chi connectivity index (χ0v) is 21.2. The van der Waals surface area contributed by atoms with Gasteiger partial charge in [0, 0.05) is 31.7 Å². The number of rotatable bonds is 9. The molecule has 0 radical (unpaired) electrons. The van der Waals surface area contributed by atoms with Gasteiger partial charge in [0.05, 0.1) is 24.9 Å². The minimum absolute atomic E-state index is 0.109. The number of fused-ring (bicyclic) bond motifs is 1. The summed E-state index contributed by atoms with van der Waals surface area (Å²) in [6.45, 7) is 10.9. The van der Waals surface area contributed by atoms with E-state index in [9.17, 15) is 4.79 Å². The molecule has 0 bridgehead atoms. The molecule has 0 amide bonds. The second-order valence-electron chi connectivity index (χ2n) is 9.53. The van der Waals surface area contributed by atoms with Gasteiger partial charge in [-0.15, -0.1) is 0 Å². The minimum atomic E-state index is -0.394. The fourth-order valence-corrected chi connectivity index (χ4v) is 4.30. The Morgan fingerprint density at radius 1 is 1.06 bits per heavy atom. The number of hydrogen-bond acceptors (Lipinski definition) is 8. The van der Waals surface area contributed by atoms with Gasteiger partial charge in [-0.3, -0.25) is 4.90 Å². The number of esters is 1. The lowest BCUT2D eigenvalue weighted by molar-refractivity contribution is 0.0600. The first-order chi connectivity index (χ1) is 16.8. The molecule has 1 saturated heterocycles. The van der Waals surface area contributed by atoms with Crippen LogP contribution in [0, 0.1) is 0 Å². The van der Waals surface area contributed by atoms with Crippen molar-refractivity contribution in [2.24, 2.45) is 0 Å². The van der Waals surface area contributed by atoms with Crippen molar-refractivity contribution >= 4 is 23.1 Å². The molecule has 1 N–H and O–H groups in total. The number of methoxy groups -OCH3 is 1. The molecule has 8 heteroatoms. The second-order valence-corrected chi connectivity index (χ2v) is 9.53. The molecule has 2 heterocycles. The number of oxazole rings is 1. The summed E-state index contributed by atoms with van der Waals surface area (Å²) in [6, 6.07) is 12.1. The van der Waals surface area contributed by atoms with Crippen LogP contribution in [-0.4, -0.2) is 54.3 Å². The van der Waals surface area contributed by atoms with E-state index in [0.29, 0.717) is 22.7 Å². The monoisotopic (exact) mass is 481 g/mol. The first-order valence-corrected chi connectivity index (χ1v) is 12.2. The van der Waals surface area contributed by atoms with Crippen LogP contribution < -0.4 is 14.8 Å². The molecule has 35 heavy (non-hydrogen) atoms. The molecule has 1 aromatic heterocycles. The van der Waals surface area contributed by atoms with Gasteiger partial charge in [0.15, 0.2) is 5.58 Å². The smallest absolute Gasteiger partial charge is 0.337 e. The van der Waals surface area contributed by atoms with E-state index in [2.05, 4.69) is 27.3 Å². The Morgan fingerprint density at radius 2 is 1.71 bits per heavy atom. The van der Waals surface area contributed by atoms with Crippen LogP contribution in [0.2, 0.25) is 0 Å². The molecule has 1 aliphatic rings. The Morgan fingerprint density at radius 3 is 2.31 bits per heavy atom. The highest BCUT2D eigenvalue weighted by atomic mass is 16.5. The van der Waals surface area contributed by atoms with E-state index in [-0.39, 0.29) is 18.2 Å². The molecular weight excluding hydrogens is 446 g/mol. The average Bonchev–Trinajstić information content (AvgIpc) is 3.20. The number of aromatic nitrogens is 1. The van der Waals surface area contributed by atoms with Crippen LogP contribution in [0.4, 0.5) is 6.01 Å². The average molecular weight is 482 g/mol. The summed E-state index contributed by atoms with van der Waals surface area (Å²) in [4.78, 5) is 18.7. The van der Waals surface area contributed by atoms with Crippen LogP contribution >= 0.6 is 0 Å². The first kappa shape index (κ1) is 24.9. The Bertz CT molecular complexity index is 1120. The summed E-state index contributed by atoms with van der Waals surface area (Å²) in [5, 5.41) is 3.42. The standard InChI is InChI=1S/C27H35N3O5/c1-17(2)33-22-12-19(13-23(15-22)34-18(3)4)16-30-10-8-21(9-11-30)28-27-29-24-7-6-20(26(31)32-5)14-25(24)35-27/h6-7,12-15,17-18,21H,8-11,16H2,1-5H3,(H,28,29). The number of benzene rings is 2. The van der Waals surface area contributed by atoms with Crippen LogP contribution in [0.15, 0.2) is 40.8 Å². The van der Waals surface area contributed by atoms with Crippen molar-refractivity contribution in [2.45, 2.75) is 65.3 Å². The Kier molecular flexibility index (Phi) is 7.80. The van der Waals surface area contributed by atoms with E-state index in [1.165, 1.54) is 12.7 Å². The number of nitrogens with one attached hydrogen (secondary N) is 1. The molecule has 0 saturated carbocycles. The molecule has 0 atom stereocenters. The predicted molar refractivity (Wildman–Crippen MR) is 135 cm³/mol. The SMILES string of the molecule is COC(=O)c1ccc2nc(NC3CCN(Cc4cc(OC(C)C)cc(OC(C)C)c4)CC3)oc2c1. The third-order valence-electron chi connectivity index (χ3n) is 5.81. The van der Waals surface area contributed by atoms with Gasteiger partial charge in [0.25, 0.3) is 6.01 Å². The van der Waals surface area contributed by atoms with Gasteiger partial charge in [-0.1, -0.05) is 0 Å². The van der Waals surface area contributed by atoms with Crippen molar-refractivity contribution in [3.05, 3.63) is 47.5 Å². The molecular formula is C27H35N3O5. The number of carbonyl (C=O) groups excluding carboxylic acids is 1. The normalized spacial score (nSPS) is 15.1. The number of likely N-dealkylation sites (tertiary alicyclic amines) is 1. The maximum atomic E-state index is 11.8. The van der Waals surface area contributed by atoms with Crippen LogP contribution in [0.5, 0.6) is 11.5 Å². The lowest BCUT2D eigenvalue weighted by Crippen LogP contribution is -2.38. The van der Waals surface area contributed by atoms with Gasteiger partial charge in [0.2, 0.25) is 0 Å². The van der Waals surface area contributed by atoms with Gasteiger partial charge < -0.3 is 23.9 Å². The minimum Gasteiger partial charge on any atom is -0.491 e. The highest BCUT2D eigenvalue weighted by molar-refractivity contribution is 5.93. The summed E-state index contributed by atoms with van der Waals surface area (Å²) >= 11 is 0. The first-order valence-electron chi connectivity index (χ1n) is 12.2. The maximum absolute atomic E-state index is 11.8. The summed E-state index contributed by atoms with van der Waals surface area (Å²) in [6.07, 6.45) is 2.17. The number of carbonyl (C=O) groups is 1. The van der Waals surface area contributed by atoms with E-state index in [4.69, 9.17) is 18.6 Å². The van der Waals surface area contributed by atoms with E-state index in [0.717, 1.165) is 44.0 Å². The zero-order valence-electron chi connectivity index (χ0n) is 21.2. The Balaban J connectivity index is 1.35. The van der Waals surface area contributed by atoms with E-state index >= 15 is 0 Å². The quantitative estimate of drug-likeness (QED) is 0.414. The predicted octanol–water partition coefficient (Wildman–Crippen LogP) is 5.27. The number of nitrogens with zero attached hydrogens (tertiary/aromatic N) is 2. The Labute approximate surface area is 206 Å². The molecule has 0 unspecified atom stereocenters. The number of hydrogen-bond donors (Lipinski definition) is 1. The number of ether oxygens (including phenoxy) is 3. The lowest BCUT2D eigenvalue weighted by Gasteiger charge is -2.32. The molecule has 4 rings (SSSR count). The molecule has 1 fully saturated rings.